The molecule has 9 heteroatoms. The fraction of sp³-hybridized carbons (Fsp3) is 0.333. The molecule has 1 N–H and O–H groups in total. The number of fused-ring (bicyclic) bond motifs is 1. The summed E-state index contributed by atoms with van der Waals surface area (Å²) in [5.41, 5.74) is 1.84. The van der Waals surface area contributed by atoms with Crippen LogP contribution in [-0.2, 0) is 25.4 Å². The first-order valence-corrected chi connectivity index (χ1v) is 8.39. The largest absolute Gasteiger partial charge is 0.465 e. The van der Waals surface area contributed by atoms with E-state index in [1.165, 1.54) is 25.1 Å². The SMILES string of the molecule is COC(=O)c1c(C)cccc1NCCn1cnc2c1c(=O)n(C)c(=O)n2C. The number of carbonyl (C=O) groups excluding carboxylic acids is 1. The van der Waals surface area contributed by atoms with Crippen LogP contribution in [0.2, 0.25) is 0 Å². The molecule has 0 aliphatic carbocycles. The number of imidazole rings is 1. The predicted octanol–water partition coefficient (Wildman–Crippen LogP) is 0.641. The number of rotatable bonds is 5. The minimum atomic E-state index is -0.418. The topological polar surface area (TPSA) is 100 Å². The van der Waals surface area contributed by atoms with Crippen LogP contribution in [0.5, 0.6) is 0 Å². The third-order valence-electron chi connectivity index (χ3n) is 4.55. The van der Waals surface area contributed by atoms with Gasteiger partial charge in [-0.3, -0.25) is 13.9 Å². The summed E-state index contributed by atoms with van der Waals surface area (Å²) in [6.45, 7) is 2.72. The normalized spacial score (nSPS) is 11.0. The number of benzene rings is 1. The van der Waals surface area contributed by atoms with Gasteiger partial charge in [0.1, 0.15) is 0 Å². The van der Waals surface area contributed by atoms with Gasteiger partial charge in [-0.05, 0) is 18.6 Å². The summed E-state index contributed by atoms with van der Waals surface area (Å²) >= 11 is 0. The predicted molar refractivity (Wildman–Crippen MR) is 101 cm³/mol. The molecule has 0 radical (unpaired) electrons. The maximum atomic E-state index is 12.5. The molecule has 2 heterocycles. The molecular formula is C18H21N5O4. The van der Waals surface area contributed by atoms with Gasteiger partial charge >= 0.3 is 11.7 Å². The first-order chi connectivity index (χ1) is 12.9. The fourth-order valence-electron chi connectivity index (χ4n) is 3.07. The molecule has 0 bridgehead atoms. The summed E-state index contributed by atoms with van der Waals surface area (Å²) in [6, 6.07) is 5.49. The van der Waals surface area contributed by atoms with Crippen molar-refractivity contribution in [2.75, 3.05) is 19.0 Å². The number of aromatic nitrogens is 4. The number of methoxy groups -OCH3 is 1. The van der Waals surface area contributed by atoms with E-state index in [1.54, 1.807) is 17.7 Å². The average Bonchev–Trinajstić information content (AvgIpc) is 3.08. The second kappa shape index (κ2) is 7.10. The van der Waals surface area contributed by atoms with Gasteiger partial charge in [-0.2, -0.15) is 0 Å². The monoisotopic (exact) mass is 371 g/mol. The lowest BCUT2D eigenvalue weighted by molar-refractivity contribution is 0.0601. The molecule has 27 heavy (non-hydrogen) atoms. The van der Waals surface area contributed by atoms with Gasteiger partial charge < -0.3 is 14.6 Å². The van der Waals surface area contributed by atoms with Crippen LogP contribution in [0.25, 0.3) is 11.2 Å². The van der Waals surface area contributed by atoms with Crippen molar-refractivity contribution < 1.29 is 9.53 Å². The highest BCUT2D eigenvalue weighted by Gasteiger charge is 2.16. The van der Waals surface area contributed by atoms with E-state index in [9.17, 15) is 14.4 Å². The Morgan fingerprint density at radius 3 is 2.67 bits per heavy atom. The van der Waals surface area contributed by atoms with E-state index in [0.717, 1.165) is 10.1 Å². The standard InChI is InChI=1S/C18H21N5O4/c1-11-6-5-7-12(13(11)17(25)27-4)19-8-9-23-10-20-15-14(23)16(24)22(3)18(26)21(15)2/h5-7,10,19H,8-9H2,1-4H3. The van der Waals surface area contributed by atoms with E-state index in [1.807, 2.05) is 19.1 Å². The Hall–Kier alpha value is -3.36. The molecule has 142 valence electrons. The summed E-state index contributed by atoms with van der Waals surface area (Å²) in [7, 11) is 4.36. The molecule has 0 saturated carbocycles. The van der Waals surface area contributed by atoms with Gasteiger partial charge in [-0.15, -0.1) is 0 Å². The van der Waals surface area contributed by atoms with Gasteiger partial charge in [0.05, 0.1) is 19.0 Å². The second-order valence-electron chi connectivity index (χ2n) is 6.23. The molecular weight excluding hydrogens is 350 g/mol. The van der Waals surface area contributed by atoms with Crippen molar-refractivity contribution >= 4 is 22.8 Å². The van der Waals surface area contributed by atoms with Gasteiger partial charge in [-0.1, -0.05) is 12.1 Å². The molecule has 3 aromatic rings. The van der Waals surface area contributed by atoms with Crippen molar-refractivity contribution in [2.45, 2.75) is 13.5 Å². The van der Waals surface area contributed by atoms with E-state index in [2.05, 4.69) is 10.3 Å². The Bertz CT molecular complexity index is 1140. The molecule has 9 nitrogen and oxygen atoms in total. The smallest absolute Gasteiger partial charge is 0.340 e. The van der Waals surface area contributed by atoms with Crippen molar-refractivity contribution in [1.29, 1.82) is 0 Å². The zero-order valence-electron chi connectivity index (χ0n) is 15.6. The lowest BCUT2D eigenvalue weighted by atomic mass is 10.1. The number of esters is 1. The van der Waals surface area contributed by atoms with E-state index >= 15 is 0 Å². The van der Waals surface area contributed by atoms with Crippen LogP contribution < -0.4 is 16.6 Å². The van der Waals surface area contributed by atoms with Crippen LogP contribution in [0.15, 0.2) is 34.1 Å². The van der Waals surface area contributed by atoms with Crippen molar-refractivity contribution in [3.8, 4) is 0 Å². The van der Waals surface area contributed by atoms with E-state index in [-0.39, 0.29) is 0 Å². The third-order valence-corrected chi connectivity index (χ3v) is 4.55. The molecule has 0 spiro atoms. The Labute approximate surface area is 154 Å². The van der Waals surface area contributed by atoms with Crippen molar-refractivity contribution in [1.82, 2.24) is 18.7 Å². The Balaban J connectivity index is 1.88. The number of ether oxygens (including phenoxy) is 1. The summed E-state index contributed by atoms with van der Waals surface area (Å²) in [4.78, 5) is 40.7. The van der Waals surface area contributed by atoms with Crippen LogP contribution in [-0.4, -0.2) is 38.3 Å². The lowest BCUT2D eigenvalue weighted by Gasteiger charge is -2.13. The van der Waals surface area contributed by atoms with Crippen LogP contribution in [0, 0.1) is 6.92 Å². The number of nitrogens with one attached hydrogen (secondary N) is 1. The molecule has 0 aliphatic heterocycles. The van der Waals surface area contributed by atoms with Crippen LogP contribution in [0.3, 0.4) is 0 Å². The first kappa shape index (κ1) is 18.4. The summed E-state index contributed by atoms with van der Waals surface area (Å²) < 4.78 is 8.95. The quantitative estimate of drug-likeness (QED) is 0.661. The van der Waals surface area contributed by atoms with Crippen molar-refractivity contribution in [3.05, 3.63) is 56.5 Å². The Morgan fingerprint density at radius 2 is 1.96 bits per heavy atom. The highest BCUT2D eigenvalue weighted by atomic mass is 16.5. The van der Waals surface area contributed by atoms with Gasteiger partial charge in [0, 0.05) is 32.9 Å². The summed E-state index contributed by atoms with van der Waals surface area (Å²) in [5, 5.41) is 3.21. The number of carbonyl (C=O) groups is 1. The Morgan fingerprint density at radius 1 is 1.22 bits per heavy atom. The second-order valence-corrected chi connectivity index (χ2v) is 6.23. The van der Waals surface area contributed by atoms with Gasteiger partial charge in [0.2, 0.25) is 0 Å². The van der Waals surface area contributed by atoms with Crippen molar-refractivity contribution in [3.63, 3.8) is 0 Å². The molecule has 0 saturated heterocycles. The van der Waals surface area contributed by atoms with Gasteiger partial charge in [0.25, 0.3) is 5.56 Å². The average molecular weight is 371 g/mol. The third kappa shape index (κ3) is 3.12. The van der Waals surface area contributed by atoms with Crippen molar-refractivity contribution in [2.24, 2.45) is 14.1 Å². The highest BCUT2D eigenvalue weighted by Crippen LogP contribution is 2.20. The molecule has 0 unspecified atom stereocenters. The Kier molecular flexibility index (Phi) is 4.85. The summed E-state index contributed by atoms with van der Waals surface area (Å²) in [6.07, 6.45) is 1.53. The number of hydrogen-bond donors (Lipinski definition) is 1. The van der Waals surface area contributed by atoms with Gasteiger partial charge in [0.15, 0.2) is 11.2 Å². The van der Waals surface area contributed by atoms with E-state index in [4.69, 9.17) is 4.74 Å². The minimum Gasteiger partial charge on any atom is -0.465 e. The van der Waals surface area contributed by atoms with Crippen LogP contribution >= 0.6 is 0 Å². The van der Waals surface area contributed by atoms with Crippen LogP contribution in [0.4, 0.5) is 5.69 Å². The maximum absolute atomic E-state index is 12.5. The lowest BCUT2D eigenvalue weighted by Crippen LogP contribution is -2.37. The molecule has 0 atom stereocenters. The van der Waals surface area contributed by atoms with Gasteiger partial charge in [-0.25, -0.2) is 14.6 Å². The number of nitrogens with zero attached hydrogens (tertiary/aromatic N) is 4. The molecule has 3 rings (SSSR count). The molecule has 1 aromatic carbocycles. The van der Waals surface area contributed by atoms with E-state index < -0.39 is 17.2 Å². The maximum Gasteiger partial charge on any atom is 0.340 e. The highest BCUT2D eigenvalue weighted by molar-refractivity contribution is 5.97. The number of aryl methyl sites for hydroxylation is 2. The molecule has 0 aliphatic rings. The van der Waals surface area contributed by atoms with Crippen LogP contribution in [0.1, 0.15) is 15.9 Å². The van der Waals surface area contributed by atoms with E-state index in [0.29, 0.717) is 35.5 Å². The zero-order valence-corrected chi connectivity index (χ0v) is 15.6. The fourth-order valence-corrected chi connectivity index (χ4v) is 3.07. The zero-order chi connectivity index (χ0) is 19.7. The molecule has 0 fully saturated rings. The summed E-state index contributed by atoms with van der Waals surface area (Å²) in [5.74, 6) is -0.410. The molecule has 0 amide bonds. The first-order valence-electron chi connectivity index (χ1n) is 8.39. The number of hydrogen-bond acceptors (Lipinski definition) is 6. The molecule has 2 aromatic heterocycles. The minimum absolute atomic E-state index is 0.342. The number of anilines is 1.